The summed E-state index contributed by atoms with van der Waals surface area (Å²) in [5.41, 5.74) is 3.03. The molecule has 3 nitrogen and oxygen atoms in total. The largest absolute Gasteiger partial charge is 0.348 e. The number of carbonyl (C=O) groups excluding carboxylic acids is 1. The van der Waals surface area contributed by atoms with Crippen LogP contribution in [-0.2, 0) is 13.1 Å². The van der Waals surface area contributed by atoms with E-state index < -0.39 is 0 Å². The van der Waals surface area contributed by atoms with Gasteiger partial charge in [-0.1, -0.05) is 48.5 Å². The molecule has 0 aliphatic heterocycles. The maximum atomic E-state index is 12.0. The topological polar surface area (TPSA) is 33.0 Å². The zero-order valence-corrected chi connectivity index (χ0v) is 12.9. The highest BCUT2D eigenvalue weighted by molar-refractivity contribution is 5.94. The van der Waals surface area contributed by atoms with Gasteiger partial charge in [0.25, 0.3) is 5.91 Å². The standard InChI is InChI=1S/C20H18N2O/c23-20(19-9-5-2-6-10-19)21-15-17-11-13-22(14-12-17)16-18-7-3-1-4-8-18/h1-14H,15-16H2/p+1. The number of benzene rings is 2. The third-order valence-corrected chi connectivity index (χ3v) is 3.66. The molecular weight excluding hydrogens is 284 g/mol. The molecule has 0 aliphatic rings. The molecule has 1 N–H and O–H groups in total. The molecule has 3 aromatic rings. The van der Waals surface area contributed by atoms with E-state index in [0.29, 0.717) is 12.1 Å². The van der Waals surface area contributed by atoms with Crippen molar-refractivity contribution < 1.29 is 9.36 Å². The quantitative estimate of drug-likeness (QED) is 0.722. The molecule has 3 heteroatoms. The third kappa shape index (κ3) is 4.27. The molecule has 3 rings (SSSR count). The number of hydrogen-bond acceptors (Lipinski definition) is 1. The first-order chi connectivity index (χ1) is 11.3. The Hall–Kier alpha value is -2.94. The lowest BCUT2D eigenvalue weighted by molar-refractivity contribution is -0.688. The second-order valence-electron chi connectivity index (χ2n) is 5.41. The van der Waals surface area contributed by atoms with Crippen molar-refractivity contribution >= 4 is 5.91 Å². The lowest BCUT2D eigenvalue weighted by Gasteiger charge is -2.05. The minimum Gasteiger partial charge on any atom is -0.348 e. The predicted molar refractivity (Wildman–Crippen MR) is 89.8 cm³/mol. The minimum atomic E-state index is -0.0494. The van der Waals surface area contributed by atoms with E-state index >= 15 is 0 Å². The molecule has 0 saturated carbocycles. The van der Waals surface area contributed by atoms with Gasteiger partial charge in [-0.2, -0.15) is 0 Å². The molecule has 114 valence electrons. The fourth-order valence-corrected chi connectivity index (χ4v) is 2.38. The highest BCUT2D eigenvalue weighted by Crippen LogP contribution is 2.01. The fraction of sp³-hybridized carbons (Fsp3) is 0.100. The van der Waals surface area contributed by atoms with Crippen molar-refractivity contribution in [3.63, 3.8) is 0 Å². The molecule has 1 heterocycles. The van der Waals surface area contributed by atoms with Crippen molar-refractivity contribution in [3.05, 3.63) is 102 Å². The van der Waals surface area contributed by atoms with Crippen molar-refractivity contribution in [2.75, 3.05) is 0 Å². The van der Waals surface area contributed by atoms with Gasteiger partial charge in [0, 0.05) is 29.8 Å². The highest BCUT2D eigenvalue weighted by Gasteiger charge is 2.06. The summed E-state index contributed by atoms with van der Waals surface area (Å²) in [6.45, 7) is 1.37. The average molecular weight is 303 g/mol. The molecule has 0 saturated heterocycles. The Morgan fingerprint density at radius 3 is 2.04 bits per heavy atom. The van der Waals surface area contributed by atoms with Crippen LogP contribution in [-0.4, -0.2) is 5.91 Å². The number of aromatic nitrogens is 1. The summed E-state index contributed by atoms with van der Waals surface area (Å²) in [6.07, 6.45) is 4.08. The van der Waals surface area contributed by atoms with Crippen LogP contribution in [0.5, 0.6) is 0 Å². The smallest absolute Gasteiger partial charge is 0.251 e. The SMILES string of the molecule is O=C(NCc1cc[n+](Cc2ccccc2)cc1)c1ccccc1. The van der Waals surface area contributed by atoms with Gasteiger partial charge in [0.15, 0.2) is 18.9 Å². The number of nitrogens with zero attached hydrogens (tertiary/aromatic N) is 1. The van der Waals surface area contributed by atoms with E-state index in [4.69, 9.17) is 0 Å². The van der Waals surface area contributed by atoms with E-state index in [9.17, 15) is 4.79 Å². The molecule has 2 aromatic carbocycles. The number of nitrogens with one attached hydrogen (secondary N) is 1. The Bertz CT molecular complexity index is 753. The predicted octanol–water partition coefficient (Wildman–Crippen LogP) is 2.95. The third-order valence-electron chi connectivity index (χ3n) is 3.66. The second-order valence-corrected chi connectivity index (χ2v) is 5.41. The van der Waals surface area contributed by atoms with Crippen molar-refractivity contribution in [1.29, 1.82) is 0 Å². The summed E-state index contributed by atoms with van der Waals surface area (Å²) >= 11 is 0. The van der Waals surface area contributed by atoms with E-state index in [2.05, 4.69) is 22.0 Å². The lowest BCUT2D eigenvalue weighted by Crippen LogP contribution is -2.33. The van der Waals surface area contributed by atoms with Crippen LogP contribution >= 0.6 is 0 Å². The Labute approximate surface area is 136 Å². The normalized spacial score (nSPS) is 10.3. The van der Waals surface area contributed by atoms with Gasteiger partial charge in [-0.25, -0.2) is 4.57 Å². The zero-order valence-electron chi connectivity index (χ0n) is 12.9. The van der Waals surface area contributed by atoms with Crippen LogP contribution in [0.3, 0.4) is 0 Å². The van der Waals surface area contributed by atoms with Crippen LogP contribution < -0.4 is 9.88 Å². The molecule has 0 fully saturated rings. The molecule has 0 spiro atoms. The summed E-state index contributed by atoms with van der Waals surface area (Å²) in [6, 6.07) is 23.7. The molecule has 23 heavy (non-hydrogen) atoms. The second kappa shape index (κ2) is 7.36. The Kier molecular flexibility index (Phi) is 4.79. The lowest BCUT2D eigenvalue weighted by atomic mass is 10.2. The number of pyridine rings is 1. The molecule has 0 unspecified atom stereocenters. The zero-order chi connectivity index (χ0) is 15.9. The maximum absolute atomic E-state index is 12.0. The van der Waals surface area contributed by atoms with Crippen LogP contribution in [0.2, 0.25) is 0 Å². The van der Waals surface area contributed by atoms with Crippen LogP contribution in [0.25, 0.3) is 0 Å². The Balaban J connectivity index is 1.56. The molecular formula is C20H19N2O+. The number of carbonyl (C=O) groups is 1. The van der Waals surface area contributed by atoms with Gasteiger partial charge in [0.1, 0.15) is 0 Å². The van der Waals surface area contributed by atoms with Crippen molar-refractivity contribution in [2.45, 2.75) is 13.1 Å². The number of rotatable bonds is 5. The average Bonchev–Trinajstić information content (AvgIpc) is 2.62. The van der Waals surface area contributed by atoms with Crippen molar-refractivity contribution in [2.24, 2.45) is 0 Å². The van der Waals surface area contributed by atoms with Gasteiger partial charge in [-0.05, 0) is 17.7 Å². The van der Waals surface area contributed by atoms with E-state index in [1.165, 1.54) is 5.56 Å². The van der Waals surface area contributed by atoms with Gasteiger partial charge in [-0.15, -0.1) is 0 Å². The first-order valence-corrected chi connectivity index (χ1v) is 7.66. The first kappa shape index (κ1) is 15.0. The van der Waals surface area contributed by atoms with Gasteiger partial charge in [-0.3, -0.25) is 4.79 Å². The van der Waals surface area contributed by atoms with Crippen LogP contribution in [0, 0.1) is 0 Å². The number of amides is 1. The first-order valence-electron chi connectivity index (χ1n) is 7.66. The van der Waals surface area contributed by atoms with E-state index in [1.807, 2.05) is 73.1 Å². The Morgan fingerprint density at radius 2 is 1.39 bits per heavy atom. The summed E-state index contributed by atoms with van der Waals surface area (Å²) in [5.74, 6) is -0.0494. The van der Waals surface area contributed by atoms with E-state index in [0.717, 1.165) is 12.1 Å². The molecule has 0 aliphatic carbocycles. The highest BCUT2D eigenvalue weighted by atomic mass is 16.1. The maximum Gasteiger partial charge on any atom is 0.251 e. The molecule has 0 radical (unpaired) electrons. The molecule has 1 amide bonds. The summed E-state index contributed by atoms with van der Waals surface area (Å²) in [5, 5.41) is 2.94. The van der Waals surface area contributed by atoms with Gasteiger partial charge >= 0.3 is 0 Å². The number of hydrogen-bond donors (Lipinski definition) is 1. The van der Waals surface area contributed by atoms with Crippen molar-refractivity contribution in [3.8, 4) is 0 Å². The summed E-state index contributed by atoms with van der Waals surface area (Å²) in [4.78, 5) is 12.0. The van der Waals surface area contributed by atoms with Crippen LogP contribution in [0.15, 0.2) is 85.2 Å². The molecule has 0 atom stereocenters. The van der Waals surface area contributed by atoms with Gasteiger partial charge < -0.3 is 5.32 Å². The molecule has 1 aromatic heterocycles. The summed E-state index contributed by atoms with van der Waals surface area (Å²) < 4.78 is 2.12. The van der Waals surface area contributed by atoms with Crippen molar-refractivity contribution in [1.82, 2.24) is 5.32 Å². The monoisotopic (exact) mass is 303 g/mol. The van der Waals surface area contributed by atoms with E-state index in [1.54, 1.807) is 0 Å². The summed E-state index contributed by atoms with van der Waals surface area (Å²) in [7, 11) is 0. The van der Waals surface area contributed by atoms with Gasteiger partial charge in [0.05, 0.1) is 0 Å². The van der Waals surface area contributed by atoms with Crippen LogP contribution in [0.1, 0.15) is 21.5 Å². The van der Waals surface area contributed by atoms with E-state index in [-0.39, 0.29) is 5.91 Å². The molecule has 0 bridgehead atoms. The van der Waals surface area contributed by atoms with Gasteiger partial charge in [0.2, 0.25) is 0 Å². The fourth-order valence-electron chi connectivity index (χ4n) is 2.38. The van der Waals surface area contributed by atoms with Crippen LogP contribution in [0.4, 0.5) is 0 Å². The Morgan fingerprint density at radius 1 is 0.783 bits per heavy atom. The minimum absolute atomic E-state index is 0.0494.